The lowest BCUT2D eigenvalue weighted by atomic mass is 10.1. The number of carbonyl (C=O) groups is 2. The first kappa shape index (κ1) is 19.1. The van der Waals surface area contributed by atoms with Gasteiger partial charge in [-0.25, -0.2) is 4.98 Å². The number of rotatable bonds is 6. The average molecular weight is 398 g/mol. The number of amides is 2. The summed E-state index contributed by atoms with van der Waals surface area (Å²) in [5, 5.41) is 7.39. The van der Waals surface area contributed by atoms with E-state index in [4.69, 9.17) is 0 Å². The third kappa shape index (κ3) is 5.18. The number of anilines is 1. The normalized spacial score (nSPS) is 10.4. The van der Waals surface area contributed by atoms with E-state index in [0.717, 1.165) is 15.6 Å². The molecule has 138 valence electrons. The minimum atomic E-state index is -0.156. The average Bonchev–Trinajstić information content (AvgIpc) is 3.16. The van der Waals surface area contributed by atoms with E-state index in [1.54, 1.807) is 31.3 Å². The monoisotopic (exact) mass is 397 g/mol. The topological polar surface area (TPSA) is 71.1 Å². The van der Waals surface area contributed by atoms with E-state index < -0.39 is 0 Å². The van der Waals surface area contributed by atoms with Crippen molar-refractivity contribution in [3.8, 4) is 11.3 Å². The molecule has 0 aliphatic heterocycles. The first-order valence-corrected chi connectivity index (χ1v) is 10.2. The number of aryl methyl sites for hydroxylation is 1. The van der Waals surface area contributed by atoms with Gasteiger partial charge in [0.15, 0.2) is 4.34 Å². The third-order valence-electron chi connectivity index (χ3n) is 3.82. The third-order valence-corrected chi connectivity index (χ3v) is 5.84. The second-order valence-corrected chi connectivity index (χ2v) is 7.94. The van der Waals surface area contributed by atoms with E-state index in [1.807, 2.05) is 17.5 Å². The van der Waals surface area contributed by atoms with E-state index in [9.17, 15) is 9.59 Å². The molecule has 2 amide bonds. The van der Waals surface area contributed by atoms with E-state index in [1.165, 1.54) is 28.7 Å². The van der Waals surface area contributed by atoms with Crippen LogP contribution in [0.2, 0.25) is 0 Å². The van der Waals surface area contributed by atoms with Crippen molar-refractivity contribution in [2.24, 2.45) is 0 Å². The van der Waals surface area contributed by atoms with Gasteiger partial charge < -0.3 is 10.6 Å². The van der Waals surface area contributed by atoms with Crippen LogP contribution in [0, 0.1) is 6.92 Å². The van der Waals surface area contributed by atoms with Crippen molar-refractivity contribution in [3.63, 3.8) is 0 Å². The van der Waals surface area contributed by atoms with Crippen LogP contribution in [-0.2, 0) is 4.79 Å². The molecule has 0 saturated carbocycles. The standard InChI is InChI=1S/C20H19N3O2S2/c1-13-3-5-14(6-4-13)17-11-26-20(23-17)27-12-18(24)22-16-9-7-15(8-10-16)19(25)21-2/h3-11H,12H2,1-2H3,(H,21,25)(H,22,24). The Morgan fingerprint density at radius 1 is 1.07 bits per heavy atom. The Kier molecular flexibility index (Phi) is 6.26. The maximum Gasteiger partial charge on any atom is 0.251 e. The van der Waals surface area contributed by atoms with Crippen LogP contribution in [0.3, 0.4) is 0 Å². The van der Waals surface area contributed by atoms with Crippen LogP contribution in [-0.4, -0.2) is 29.6 Å². The maximum atomic E-state index is 12.1. The summed E-state index contributed by atoms with van der Waals surface area (Å²) in [6.45, 7) is 2.05. The number of hydrogen-bond acceptors (Lipinski definition) is 5. The molecule has 3 aromatic rings. The minimum absolute atomic E-state index is 0.111. The lowest BCUT2D eigenvalue weighted by Gasteiger charge is -2.05. The number of benzene rings is 2. The Bertz CT molecular complexity index is 935. The van der Waals surface area contributed by atoms with Gasteiger partial charge in [0, 0.05) is 29.2 Å². The maximum absolute atomic E-state index is 12.1. The molecule has 5 nitrogen and oxygen atoms in total. The molecule has 1 heterocycles. The predicted molar refractivity (Wildman–Crippen MR) is 111 cm³/mol. The Hall–Kier alpha value is -2.64. The van der Waals surface area contributed by atoms with Crippen molar-refractivity contribution in [1.82, 2.24) is 10.3 Å². The van der Waals surface area contributed by atoms with E-state index in [0.29, 0.717) is 11.3 Å². The molecule has 1 aromatic heterocycles. The van der Waals surface area contributed by atoms with Crippen LogP contribution in [0.1, 0.15) is 15.9 Å². The summed E-state index contributed by atoms with van der Waals surface area (Å²) < 4.78 is 0.857. The summed E-state index contributed by atoms with van der Waals surface area (Å²) in [5.74, 6) is 0.00858. The largest absolute Gasteiger partial charge is 0.355 e. The van der Waals surface area contributed by atoms with Gasteiger partial charge in [-0.3, -0.25) is 9.59 Å². The van der Waals surface area contributed by atoms with Gasteiger partial charge in [-0.05, 0) is 31.2 Å². The van der Waals surface area contributed by atoms with Crippen LogP contribution in [0.5, 0.6) is 0 Å². The van der Waals surface area contributed by atoms with Gasteiger partial charge in [-0.15, -0.1) is 11.3 Å². The van der Waals surface area contributed by atoms with Gasteiger partial charge in [0.25, 0.3) is 5.91 Å². The zero-order chi connectivity index (χ0) is 19.2. The zero-order valence-corrected chi connectivity index (χ0v) is 16.6. The highest BCUT2D eigenvalue weighted by Crippen LogP contribution is 2.28. The Morgan fingerprint density at radius 2 is 1.78 bits per heavy atom. The first-order chi connectivity index (χ1) is 13.0. The van der Waals surface area contributed by atoms with E-state index in [2.05, 4.69) is 34.7 Å². The molecule has 0 unspecified atom stereocenters. The molecule has 27 heavy (non-hydrogen) atoms. The number of nitrogens with one attached hydrogen (secondary N) is 2. The summed E-state index contributed by atoms with van der Waals surface area (Å²) in [6, 6.07) is 15.0. The number of hydrogen-bond donors (Lipinski definition) is 2. The van der Waals surface area contributed by atoms with Crippen molar-refractivity contribution in [3.05, 3.63) is 65.0 Å². The van der Waals surface area contributed by atoms with Gasteiger partial charge in [-0.1, -0.05) is 41.6 Å². The molecule has 3 rings (SSSR count). The Balaban J connectivity index is 1.53. The molecule has 0 radical (unpaired) electrons. The molecule has 0 spiro atoms. The molecular weight excluding hydrogens is 378 g/mol. The van der Waals surface area contributed by atoms with Gasteiger partial charge in [0.1, 0.15) is 0 Å². The van der Waals surface area contributed by atoms with E-state index in [-0.39, 0.29) is 17.6 Å². The number of thioether (sulfide) groups is 1. The highest BCUT2D eigenvalue weighted by atomic mass is 32.2. The summed E-state index contributed by atoms with van der Waals surface area (Å²) in [5.41, 5.74) is 4.42. The SMILES string of the molecule is CNC(=O)c1ccc(NC(=O)CSc2nc(-c3ccc(C)cc3)cs2)cc1. The molecule has 2 aromatic carbocycles. The molecule has 0 bridgehead atoms. The number of carbonyl (C=O) groups excluding carboxylic acids is 2. The molecular formula is C20H19N3O2S2. The van der Waals surface area contributed by atoms with Crippen molar-refractivity contribution in [1.29, 1.82) is 0 Å². The van der Waals surface area contributed by atoms with Gasteiger partial charge in [-0.2, -0.15) is 0 Å². The van der Waals surface area contributed by atoms with Crippen LogP contribution >= 0.6 is 23.1 Å². The summed E-state index contributed by atoms with van der Waals surface area (Å²) in [7, 11) is 1.58. The second kappa shape index (κ2) is 8.83. The van der Waals surface area contributed by atoms with Crippen molar-refractivity contribution < 1.29 is 9.59 Å². The van der Waals surface area contributed by atoms with Gasteiger partial charge in [0.05, 0.1) is 11.4 Å². The van der Waals surface area contributed by atoms with Gasteiger partial charge in [0.2, 0.25) is 5.91 Å². The Labute approximate surface area is 166 Å². The molecule has 0 aliphatic rings. The molecule has 0 atom stereocenters. The predicted octanol–water partition coefficient (Wildman–Crippen LogP) is 4.21. The van der Waals surface area contributed by atoms with Crippen LogP contribution in [0.4, 0.5) is 5.69 Å². The highest BCUT2D eigenvalue weighted by Gasteiger charge is 2.09. The summed E-state index contributed by atoms with van der Waals surface area (Å²) in [6.07, 6.45) is 0. The lowest BCUT2D eigenvalue weighted by molar-refractivity contribution is -0.113. The van der Waals surface area contributed by atoms with Gasteiger partial charge >= 0.3 is 0 Å². The van der Waals surface area contributed by atoms with Crippen molar-refractivity contribution in [2.75, 3.05) is 18.1 Å². The number of thiazole rings is 1. The molecule has 0 saturated heterocycles. The zero-order valence-electron chi connectivity index (χ0n) is 15.0. The minimum Gasteiger partial charge on any atom is -0.355 e. The quantitative estimate of drug-likeness (QED) is 0.611. The van der Waals surface area contributed by atoms with Crippen LogP contribution < -0.4 is 10.6 Å². The van der Waals surface area contributed by atoms with Crippen LogP contribution in [0.25, 0.3) is 11.3 Å². The second-order valence-electron chi connectivity index (χ2n) is 5.86. The molecule has 7 heteroatoms. The molecule has 2 N–H and O–H groups in total. The molecule has 0 fully saturated rings. The fraction of sp³-hybridized carbons (Fsp3) is 0.150. The summed E-state index contributed by atoms with van der Waals surface area (Å²) in [4.78, 5) is 28.2. The highest BCUT2D eigenvalue weighted by molar-refractivity contribution is 8.01. The van der Waals surface area contributed by atoms with E-state index >= 15 is 0 Å². The number of nitrogens with zero attached hydrogens (tertiary/aromatic N) is 1. The first-order valence-electron chi connectivity index (χ1n) is 8.32. The fourth-order valence-corrected chi connectivity index (χ4v) is 3.99. The van der Waals surface area contributed by atoms with Crippen molar-refractivity contribution in [2.45, 2.75) is 11.3 Å². The fourth-order valence-electron chi connectivity index (χ4n) is 2.35. The lowest BCUT2D eigenvalue weighted by Crippen LogP contribution is -2.18. The number of aromatic nitrogens is 1. The smallest absolute Gasteiger partial charge is 0.251 e. The Morgan fingerprint density at radius 3 is 2.44 bits per heavy atom. The van der Waals surface area contributed by atoms with Crippen LogP contribution in [0.15, 0.2) is 58.3 Å². The summed E-state index contributed by atoms with van der Waals surface area (Å²) >= 11 is 2.94. The van der Waals surface area contributed by atoms with Crippen molar-refractivity contribution >= 4 is 40.6 Å². The molecule has 0 aliphatic carbocycles.